The SMILES string of the molecule is CN(C)S(=O)(=O)c1ccc(-c2ccc(S(=O)(=O)N3CCN(S(C)(=O)=O)CC3C(=O)NOC3CCCCO3)s2)cc1. The second-order valence-electron chi connectivity index (χ2n) is 9.56. The Morgan fingerprint density at radius 2 is 1.73 bits per heavy atom. The van der Waals surface area contributed by atoms with E-state index in [2.05, 4.69) is 5.48 Å². The summed E-state index contributed by atoms with van der Waals surface area (Å²) in [6, 6.07) is 7.69. The van der Waals surface area contributed by atoms with Crippen LogP contribution in [0.25, 0.3) is 10.4 Å². The zero-order valence-electron chi connectivity index (χ0n) is 22.2. The van der Waals surface area contributed by atoms with Crippen LogP contribution in [0.4, 0.5) is 0 Å². The lowest BCUT2D eigenvalue weighted by atomic mass is 10.2. The van der Waals surface area contributed by atoms with Gasteiger partial charge in [-0.15, -0.1) is 11.3 Å². The maximum absolute atomic E-state index is 13.7. The molecule has 1 aromatic heterocycles. The molecule has 3 heterocycles. The van der Waals surface area contributed by atoms with Gasteiger partial charge in [0.05, 0.1) is 11.2 Å². The Hall–Kier alpha value is -1.96. The van der Waals surface area contributed by atoms with Crippen LogP contribution in [-0.2, 0) is 44.4 Å². The first kappa shape index (κ1) is 31.0. The number of sulfonamides is 3. The van der Waals surface area contributed by atoms with Gasteiger partial charge in [-0.3, -0.25) is 4.79 Å². The average Bonchev–Trinajstić information content (AvgIpc) is 3.43. The van der Waals surface area contributed by atoms with E-state index in [0.29, 0.717) is 23.5 Å². The summed E-state index contributed by atoms with van der Waals surface area (Å²) in [6.07, 6.45) is 2.60. The topological polar surface area (TPSA) is 160 Å². The Bertz CT molecular complexity index is 1530. The molecular formula is C23H32N4O9S4. The molecule has 13 nitrogen and oxygen atoms in total. The van der Waals surface area contributed by atoms with E-state index in [1.54, 1.807) is 18.2 Å². The standard InChI is InChI=1S/C23H32N4O9S4/c1-25(2)39(31,32)18-9-7-17(8-10-18)20-11-12-22(37-20)40(33,34)27-14-13-26(38(3,29)30)16-19(27)23(28)24-36-21-6-4-5-15-35-21/h7-12,19,21H,4-6,13-16H2,1-3H3,(H,24,28). The summed E-state index contributed by atoms with van der Waals surface area (Å²) in [5.41, 5.74) is 2.88. The van der Waals surface area contributed by atoms with Crippen molar-refractivity contribution in [3.05, 3.63) is 36.4 Å². The number of hydrogen-bond donors (Lipinski definition) is 1. The molecule has 2 aliphatic rings. The van der Waals surface area contributed by atoms with Gasteiger partial charge in [0.2, 0.25) is 20.0 Å². The third-order valence-electron chi connectivity index (χ3n) is 6.56. The summed E-state index contributed by atoms with van der Waals surface area (Å²) >= 11 is 0.958. The lowest BCUT2D eigenvalue weighted by molar-refractivity contribution is -0.202. The van der Waals surface area contributed by atoms with E-state index in [-0.39, 0.29) is 28.7 Å². The summed E-state index contributed by atoms with van der Waals surface area (Å²) < 4.78 is 85.1. The predicted octanol–water partition coefficient (Wildman–Crippen LogP) is 0.874. The number of amides is 1. The number of rotatable bonds is 9. The molecule has 0 radical (unpaired) electrons. The van der Waals surface area contributed by atoms with Crippen LogP contribution in [0.15, 0.2) is 45.5 Å². The molecule has 4 rings (SSSR count). The minimum Gasteiger partial charge on any atom is -0.350 e. The molecule has 2 saturated heterocycles. The van der Waals surface area contributed by atoms with Crippen LogP contribution in [0.5, 0.6) is 0 Å². The van der Waals surface area contributed by atoms with Crippen LogP contribution >= 0.6 is 11.3 Å². The van der Waals surface area contributed by atoms with Gasteiger partial charge in [-0.25, -0.2) is 39.9 Å². The summed E-state index contributed by atoms with van der Waals surface area (Å²) in [5.74, 6) is -0.805. The van der Waals surface area contributed by atoms with Crippen molar-refractivity contribution < 1.29 is 39.6 Å². The first-order valence-corrected chi connectivity index (χ1v) is 17.9. The van der Waals surface area contributed by atoms with Crippen LogP contribution < -0.4 is 5.48 Å². The number of nitrogens with zero attached hydrogens (tertiary/aromatic N) is 3. The van der Waals surface area contributed by atoms with Crippen molar-refractivity contribution in [3.8, 4) is 10.4 Å². The molecule has 2 aromatic rings. The number of ether oxygens (including phenoxy) is 1. The van der Waals surface area contributed by atoms with Gasteiger partial charge in [0.15, 0.2) is 6.29 Å². The molecule has 1 N–H and O–H groups in total. The fourth-order valence-electron chi connectivity index (χ4n) is 4.27. The fourth-order valence-corrected chi connectivity index (χ4v) is 9.01. The minimum atomic E-state index is -4.22. The highest BCUT2D eigenvalue weighted by molar-refractivity contribution is 7.91. The number of nitrogens with one attached hydrogen (secondary N) is 1. The van der Waals surface area contributed by atoms with Crippen LogP contribution in [0.1, 0.15) is 19.3 Å². The van der Waals surface area contributed by atoms with Crippen LogP contribution in [0, 0.1) is 0 Å². The first-order valence-electron chi connectivity index (χ1n) is 12.4. The molecule has 0 bridgehead atoms. The van der Waals surface area contributed by atoms with Crippen molar-refractivity contribution in [2.75, 3.05) is 46.6 Å². The molecule has 0 aliphatic carbocycles. The number of benzene rings is 1. The van der Waals surface area contributed by atoms with Gasteiger partial charge < -0.3 is 4.74 Å². The Balaban J connectivity index is 1.57. The van der Waals surface area contributed by atoms with E-state index >= 15 is 0 Å². The fraction of sp³-hybridized carbons (Fsp3) is 0.522. The Morgan fingerprint density at radius 1 is 1.02 bits per heavy atom. The number of hydroxylamine groups is 1. The van der Waals surface area contributed by atoms with E-state index < -0.39 is 48.3 Å². The molecule has 222 valence electrons. The van der Waals surface area contributed by atoms with Crippen molar-refractivity contribution >= 4 is 47.3 Å². The highest BCUT2D eigenvalue weighted by Gasteiger charge is 2.43. The third-order valence-corrected chi connectivity index (χ3v) is 13.2. The lowest BCUT2D eigenvalue weighted by Gasteiger charge is -2.38. The smallest absolute Gasteiger partial charge is 0.263 e. The first-order chi connectivity index (χ1) is 18.7. The minimum absolute atomic E-state index is 0.0466. The van der Waals surface area contributed by atoms with Crippen molar-refractivity contribution in [2.24, 2.45) is 0 Å². The molecule has 1 aromatic carbocycles. The second-order valence-corrected chi connectivity index (χ2v) is 16.9. The number of thiophene rings is 1. The summed E-state index contributed by atoms with van der Waals surface area (Å²) in [4.78, 5) is 19.1. The van der Waals surface area contributed by atoms with Gasteiger partial charge >= 0.3 is 0 Å². The highest BCUT2D eigenvalue weighted by Crippen LogP contribution is 2.34. The molecule has 0 spiro atoms. The largest absolute Gasteiger partial charge is 0.350 e. The van der Waals surface area contributed by atoms with E-state index in [0.717, 1.165) is 43.3 Å². The molecule has 2 fully saturated rings. The van der Waals surface area contributed by atoms with Crippen LogP contribution in [0.2, 0.25) is 0 Å². The van der Waals surface area contributed by atoms with Crippen LogP contribution in [-0.4, -0.2) is 103 Å². The number of piperazine rings is 1. The Kier molecular flexibility index (Phi) is 9.38. The molecular weight excluding hydrogens is 605 g/mol. The van der Waals surface area contributed by atoms with Crippen molar-refractivity contribution in [2.45, 2.75) is 40.7 Å². The predicted molar refractivity (Wildman–Crippen MR) is 148 cm³/mol. The normalized spacial score (nSPS) is 21.9. The van der Waals surface area contributed by atoms with Crippen LogP contribution in [0.3, 0.4) is 0 Å². The molecule has 2 aliphatic heterocycles. The molecule has 2 unspecified atom stereocenters. The average molecular weight is 637 g/mol. The molecule has 17 heteroatoms. The third kappa shape index (κ3) is 6.74. The molecule has 40 heavy (non-hydrogen) atoms. The maximum atomic E-state index is 13.7. The highest BCUT2D eigenvalue weighted by atomic mass is 32.2. The maximum Gasteiger partial charge on any atom is 0.263 e. The molecule has 0 saturated carbocycles. The quantitative estimate of drug-likeness (QED) is 0.394. The Labute approximate surface area is 238 Å². The van der Waals surface area contributed by atoms with Crippen molar-refractivity contribution in [3.63, 3.8) is 0 Å². The Morgan fingerprint density at radius 3 is 2.33 bits per heavy atom. The number of carbonyl (C=O) groups excluding carboxylic acids is 1. The van der Waals surface area contributed by atoms with Gasteiger partial charge in [-0.05, 0) is 42.7 Å². The van der Waals surface area contributed by atoms with E-state index in [1.165, 1.54) is 32.3 Å². The lowest BCUT2D eigenvalue weighted by Crippen LogP contribution is -2.61. The number of hydrogen-bond acceptors (Lipinski definition) is 10. The van der Waals surface area contributed by atoms with Crippen molar-refractivity contribution in [1.82, 2.24) is 18.4 Å². The number of carbonyl (C=O) groups is 1. The van der Waals surface area contributed by atoms with E-state index in [4.69, 9.17) is 9.57 Å². The van der Waals surface area contributed by atoms with Gasteiger partial charge in [-0.2, -0.15) is 8.61 Å². The summed E-state index contributed by atoms with van der Waals surface area (Å²) in [7, 11) is -8.67. The second kappa shape index (κ2) is 12.1. The monoisotopic (exact) mass is 636 g/mol. The van der Waals surface area contributed by atoms with Gasteiger partial charge in [-0.1, -0.05) is 12.1 Å². The van der Waals surface area contributed by atoms with Crippen molar-refractivity contribution in [1.29, 1.82) is 0 Å². The van der Waals surface area contributed by atoms with Gasteiger partial charge in [0, 0.05) is 51.6 Å². The zero-order chi connectivity index (χ0) is 29.3. The summed E-state index contributed by atoms with van der Waals surface area (Å²) in [6.45, 7) is -0.258. The zero-order valence-corrected chi connectivity index (χ0v) is 25.5. The van der Waals surface area contributed by atoms with Gasteiger partial charge in [0.1, 0.15) is 10.3 Å². The molecule has 1 amide bonds. The molecule has 2 atom stereocenters. The van der Waals surface area contributed by atoms with Gasteiger partial charge in [0.25, 0.3) is 15.9 Å². The van der Waals surface area contributed by atoms with E-state index in [9.17, 15) is 30.0 Å². The van der Waals surface area contributed by atoms with E-state index in [1.807, 2.05) is 0 Å². The summed E-state index contributed by atoms with van der Waals surface area (Å²) in [5, 5.41) is 0.